The number of nitrogens with one attached hydrogen (secondary N) is 1. The van der Waals surface area contributed by atoms with Crippen LogP contribution in [0.5, 0.6) is 5.88 Å². The molecule has 0 saturated heterocycles. The van der Waals surface area contributed by atoms with Gasteiger partial charge in [-0.25, -0.2) is 9.78 Å². The third-order valence-corrected chi connectivity index (χ3v) is 3.25. The van der Waals surface area contributed by atoms with Crippen molar-refractivity contribution in [3.8, 4) is 5.88 Å². The van der Waals surface area contributed by atoms with Crippen LogP contribution in [0.2, 0.25) is 0 Å². The number of aromatic nitrogens is 1. The number of allylic oxidation sites excluding steroid dienone is 1. The van der Waals surface area contributed by atoms with Gasteiger partial charge in [0.2, 0.25) is 5.88 Å². The van der Waals surface area contributed by atoms with Crippen LogP contribution in [0.25, 0.3) is 0 Å². The minimum absolute atomic E-state index is 0.0124. The molecule has 1 atom stereocenters. The van der Waals surface area contributed by atoms with Crippen LogP contribution in [0.3, 0.4) is 0 Å². The lowest BCUT2D eigenvalue weighted by atomic mass is 9.95. The van der Waals surface area contributed by atoms with Crippen LogP contribution in [0.4, 0.5) is 0 Å². The zero-order valence-electron chi connectivity index (χ0n) is 10.5. The van der Waals surface area contributed by atoms with Gasteiger partial charge in [0.1, 0.15) is 5.71 Å². The monoisotopic (exact) mass is 261 g/mol. The summed E-state index contributed by atoms with van der Waals surface area (Å²) in [5, 5.41) is 16.4. The van der Waals surface area contributed by atoms with E-state index in [-0.39, 0.29) is 5.92 Å². The van der Waals surface area contributed by atoms with Crippen molar-refractivity contribution in [2.45, 2.75) is 18.8 Å². The Morgan fingerprint density at radius 1 is 1.58 bits per heavy atom. The first-order valence-corrected chi connectivity index (χ1v) is 5.83. The number of pyridine rings is 1. The van der Waals surface area contributed by atoms with E-state index in [1.165, 1.54) is 7.11 Å². The van der Waals surface area contributed by atoms with Crippen LogP contribution < -0.4 is 10.5 Å². The van der Waals surface area contributed by atoms with E-state index < -0.39 is 11.7 Å². The first kappa shape index (κ1) is 13.1. The number of hydrogen-bond donors (Lipinski definition) is 3. The molecule has 0 spiro atoms. The molecule has 0 aliphatic heterocycles. The lowest BCUT2D eigenvalue weighted by Crippen LogP contribution is -2.16. The highest BCUT2D eigenvalue weighted by Gasteiger charge is 2.30. The first-order chi connectivity index (χ1) is 9.04. The van der Waals surface area contributed by atoms with Crippen molar-refractivity contribution >= 4 is 11.7 Å². The van der Waals surface area contributed by atoms with Gasteiger partial charge in [0.15, 0.2) is 0 Å². The van der Waals surface area contributed by atoms with Gasteiger partial charge in [0.25, 0.3) is 0 Å². The Bertz CT molecular complexity index is 566. The van der Waals surface area contributed by atoms with Crippen LogP contribution in [-0.4, -0.2) is 28.9 Å². The molecule has 1 unspecified atom stereocenters. The average Bonchev–Trinajstić information content (AvgIpc) is 2.79. The van der Waals surface area contributed by atoms with Crippen LogP contribution >= 0.6 is 0 Å². The minimum Gasteiger partial charge on any atom is -0.481 e. The molecule has 19 heavy (non-hydrogen) atoms. The highest BCUT2D eigenvalue weighted by molar-refractivity contribution is 6.41. The summed E-state index contributed by atoms with van der Waals surface area (Å²) in [4.78, 5) is 15.0. The van der Waals surface area contributed by atoms with E-state index in [9.17, 15) is 4.79 Å². The lowest BCUT2D eigenvalue weighted by Gasteiger charge is -2.13. The molecule has 1 aliphatic rings. The van der Waals surface area contributed by atoms with Gasteiger partial charge in [-0.15, -0.1) is 0 Å². The molecule has 1 heterocycles. The molecule has 1 aliphatic carbocycles. The first-order valence-electron chi connectivity index (χ1n) is 5.83. The maximum atomic E-state index is 10.8. The summed E-state index contributed by atoms with van der Waals surface area (Å²) in [7, 11) is 1.54. The molecule has 4 N–H and O–H groups in total. The Kier molecular flexibility index (Phi) is 3.50. The molecule has 2 rings (SSSR count). The Morgan fingerprint density at radius 3 is 2.95 bits per heavy atom. The van der Waals surface area contributed by atoms with Gasteiger partial charge >= 0.3 is 5.97 Å². The number of rotatable bonds is 4. The number of carbonyl (C=O) groups is 1. The number of hydrogen-bond acceptors (Lipinski definition) is 5. The van der Waals surface area contributed by atoms with E-state index in [1.54, 1.807) is 12.3 Å². The second-order valence-corrected chi connectivity index (χ2v) is 4.39. The number of methoxy groups -OCH3 is 1. The molecule has 0 fully saturated rings. The molecule has 6 heteroatoms. The van der Waals surface area contributed by atoms with Crippen LogP contribution in [0, 0.1) is 5.41 Å². The largest absolute Gasteiger partial charge is 0.481 e. The van der Waals surface area contributed by atoms with Crippen molar-refractivity contribution in [3.63, 3.8) is 0 Å². The predicted octanol–water partition coefficient (Wildman–Crippen LogP) is 1.28. The van der Waals surface area contributed by atoms with E-state index >= 15 is 0 Å². The van der Waals surface area contributed by atoms with Gasteiger partial charge in [-0.05, 0) is 24.8 Å². The number of carboxylic acids is 1. The Balaban J connectivity index is 2.25. The average molecular weight is 261 g/mol. The number of nitrogens with two attached hydrogens (primary N) is 1. The van der Waals surface area contributed by atoms with Crippen molar-refractivity contribution in [3.05, 3.63) is 35.2 Å². The van der Waals surface area contributed by atoms with Gasteiger partial charge in [0.05, 0.1) is 7.11 Å². The fourth-order valence-corrected chi connectivity index (χ4v) is 2.33. The maximum absolute atomic E-state index is 10.8. The molecule has 0 radical (unpaired) electrons. The number of ether oxygens (including phenoxy) is 1. The summed E-state index contributed by atoms with van der Waals surface area (Å²) >= 11 is 0. The Hall–Kier alpha value is -2.37. The van der Waals surface area contributed by atoms with Gasteiger partial charge in [-0.3, -0.25) is 5.41 Å². The van der Waals surface area contributed by atoms with E-state index in [0.29, 0.717) is 30.0 Å². The molecule has 0 aromatic carbocycles. The summed E-state index contributed by atoms with van der Waals surface area (Å²) in [5.74, 6) is -0.724. The summed E-state index contributed by atoms with van der Waals surface area (Å²) < 4.78 is 5.20. The summed E-state index contributed by atoms with van der Waals surface area (Å²) in [6.45, 7) is 0. The van der Waals surface area contributed by atoms with Crippen molar-refractivity contribution < 1.29 is 14.6 Å². The number of nitrogens with zero attached hydrogens (tertiary/aromatic N) is 1. The SMILES string of the molecule is COc1ncccc1C1CC(N)=C(C(=N)C(=O)O)C1. The van der Waals surface area contributed by atoms with E-state index in [1.807, 2.05) is 6.07 Å². The number of carboxylic acid groups (broad SMARTS) is 1. The van der Waals surface area contributed by atoms with Crippen LogP contribution in [0.1, 0.15) is 24.3 Å². The standard InChI is InChI=1S/C13H15N3O3/c1-19-12-8(3-2-4-16-12)7-5-9(10(14)6-7)11(15)13(17)18/h2-4,7,15H,5-6,14H2,1H3,(H,17,18). The molecule has 1 aromatic rings. The molecular formula is C13H15N3O3. The molecule has 1 aromatic heterocycles. The third kappa shape index (κ3) is 2.42. The molecule has 0 saturated carbocycles. The van der Waals surface area contributed by atoms with Crippen molar-refractivity contribution in [1.29, 1.82) is 5.41 Å². The molecule has 0 amide bonds. The van der Waals surface area contributed by atoms with Crippen LogP contribution in [0.15, 0.2) is 29.6 Å². The van der Waals surface area contributed by atoms with Gasteiger partial charge in [0, 0.05) is 23.0 Å². The quantitative estimate of drug-likeness (QED) is 0.707. The molecule has 100 valence electrons. The van der Waals surface area contributed by atoms with Crippen LogP contribution in [-0.2, 0) is 4.79 Å². The Labute approximate surface area is 110 Å². The molecule has 0 bridgehead atoms. The van der Waals surface area contributed by atoms with E-state index in [0.717, 1.165) is 5.56 Å². The minimum atomic E-state index is -1.25. The van der Waals surface area contributed by atoms with Crippen molar-refractivity contribution in [2.75, 3.05) is 7.11 Å². The molecule has 6 nitrogen and oxygen atoms in total. The van der Waals surface area contributed by atoms with Gasteiger partial charge in [-0.1, -0.05) is 6.07 Å². The smallest absolute Gasteiger partial charge is 0.354 e. The lowest BCUT2D eigenvalue weighted by molar-refractivity contribution is -0.129. The topological polar surface area (TPSA) is 109 Å². The van der Waals surface area contributed by atoms with Gasteiger partial charge in [-0.2, -0.15) is 0 Å². The van der Waals surface area contributed by atoms with Crippen molar-refractivity contribution in [2.24, 2.45) is 5.73 Å². The summed E-state index contributed by atoms with van der Waals surface area (Å²) in [6, 6.07) is 3.69. The molecular weight excluding hydrogens is 246 g/mol. The predicted molar refractivity (Wildman–Crippen MR) is 69.3 cm³/mol. The van der Waals surface area contributed by atoms with Crippen molar-refractivity contribution in [1.82, 2.24) is 4.98 Å². The zero-order chi connectivity index (χ0) is 14.0. The third-order valence-electron chi connectivity index (χ3n) is 3.25. The second kappa shape index (κ2) is 5.09. The zero-order valence-corrected chi connectivity index (χ0v) is 10.5. The highest BCUT2D eigenvalue weighted by atomic mass is 16.5. The summed E-state index contributed by atoms with van der Waals surface area (Å²) in [6.07, 6.45) is 2.58. The number of aliphatic carboxylic acids is 1. The fourth-order valence-electron chi connectivity index (χ4n) is 2.33. The van der Waals surface area contributed by atoms with E-state index in [2.05, 4.69) is 4.98 Å². The maximum Gasteiger partial charge on any atom is 0.354 e. The summed E-state index contributed by atoms with van der Waals surface area (Å²) in [5.41, 5.74) is 7.18. The van der Waals surface area contributed by atoms with Gasteiger partial charge < -0.3 is 15.6 Å². The fraction of sp³-hybridized carbons (Fsp3) is 0.308. The van der Waals surface area contributed by atoms with E-state index in [4.69, 9.17) is 21.0 Å². The highest BCUT2D eigenvalue weighted by Crippen LogP contribution is 2.39. The normalized spacial score (nSPS) is 18.5. The Morgan fingerprint density at radius 2 is 2.32 bits per heavy atom. The second-order valence-electron chi connectivity index (χ2n) is 4.39.